The highest BCUT2D eigenvalue weighted by molar-refractivity contribution is 7.12. The van der Waals surface area contributed by atoms with E-state index >= 15 is 0 Å². The van der Waals surface area contributed by atoms with Gasteiger partial charge in [0.25, 0.3) is 0 Å². The Morgan fingerprint density at radius 1 is 1.42 bits per heavy atom. The fourth-order valence-corrected chi connectivity index (χ4v) is 3.97. The van der Waals surface area contributed by atoms with E-state index < -0.39 is 0 Å². The average molecular weight is 349 g/mol. The van der Waals surface area contributed by atoms with Gasteiger partial charge < -0.3 is 14.2 Å². The van der Waals surface area contributed by atoms with Gasteiger partial charge in [-0.2, -0.15) is 4.98 Å². The van der Waals surface area contributed by atoms with Gasteiger partial charge >= 0.3 is 0 Å². The normalized spacial score (nSPS) is 18.1. The van der Waals surface area contributed by atoms with Crippen molar-refractivity contribution in [3.05, 3.63) is 33.1 Å². The van der Waals surface area contributed by atoms with Crippen LogP contribution >= 0.6 is 11.3 Å². The fraction of sp³-hybridized carbons (Fsp3) is 0.588. The van der Waals surface area contributed by atoms with E-state index in [1.54, 1.807) is 6.92 Å². The van der Waals surface area contributed by atoms with Gasteiger partial charge in [-0.15, -0.1) is 11.3 Å². The molecule has 0 radical (unpaired) electrons. The Kier molecular flexibility index (Phi) is 5.30. The number of amides is 1. The molecule has 1 atom stereocenters. The molecular formula is C17H23N3O3S. The lowest BCUT2D eigenvalue weighted by atomic mass is 10.1. The Bertz CT molecular complexity index is 710. The van der Waals surface area contributed by atoms with Gasteiger partial charge in [0.2, 0.25) is 17.6 Å². The maximum absolute atomic E-state index is 12.5. The van der Waals surface area contributed by atoms with Crippen LogP contribution < -0.4 is 0 Å². The molecule has 0 aliphatic carbocycles. The first-order valence-corrected chi connectivity index (χ1v) is 9.10. The Balaban J connectivity index is 1.50. The molecule has 0 saturated carbocycles. The predicted molar refractivity (Wildman–Crippen MR) is 91.0 cm³/mol. The molecule has 0 spiro atoms. The monoisotopic (exact) mass is 349 g/mol. The van der Waals surface area contributed by atoms with E-state index in [0.29, 0.717) is 37.8 Å². The maximum atomic E-state index is 12.5. The van der Waals surface area contributed by atoms with Gasteiger partial charge in [-0.05, 0) is 38.3 Å². The van der Waals surface area contributed by atoms with Crippen LogP contribution in [0, 0.1) is 20.8 Å². The van der Waals surface area contributed by atoms with Crippen molar-refractivity contribution in [1.29, 1.82) is 0 Å². The Morgan fingerprint density at radius 3 is 2.92 bits per heavy atom. The van der Waals surface area contributed by atoms with E-state index in [1.165, 1.54) is 15.3 Å². The topological polar surface area (TPSA) is 68.5 Å². The van der Waals surface area contributed by atoms with Crippen LogP contribution in [0.15, 0.2) is 10.6 Å². The van der Waals surface area contributed by atoms with Crippen LogP contribution in [0.3, 0.4) is 0 Å². The van der Waals surface area contributed by atoms with Crippen LogP contribution in [0.4, 0.5) is 0 Å². The number of ether oxygens (including phenoxy) is 1. The number of hydrogen-bond acceptors (Lipinski definition) is 6. The highest BCUT2D eigenvalue weighted by atomic mass is 32.1. The molecule has 1 unspecified atom stereocenters. The molecule has 24 heavy (non-hydrogen) atoms. The van der Waals surface area contributed by atoms with Gasteiger partial charge in [0.05, 0.1) is 13.2 Å². The summed E-state index contributed by atoms with van der Waals surface area (Å²) in [5.41, 5.74) is 1.37. The van der Waals surface area contributed by atoms with E-state index in [0.717, 1.165) is 12.8 Å². The molecular weight excluding hydrogens is 326 g/mol. The maximum Gasteiger partial charge on any atom is 0.223 e. The van der Waals surface area contributed by atoms with Crippen molar-refractivity contribution in [1.82, 2.24) is 15.0 Å². The molecule has 2 aromatic rings. The average Bonchev–Trinajstić information content (AvgIpc) is 3.13. The van der Waals surface area contributed by atoms with Crippen LogP contribution in [0.5, 0.6) is 0 Å². The smallest absolute Gasteiger partial charge is 0.223 e. The SMILES string of the molecule is Cc1nc(C2CN(C(=O)CCCc3cc(C)sc3C)CCO2)no1. The largest absolute Gasteiger partial charge is 0.366 e. The molecule has 1 aliphatic heterocycles. The van der Waals surface area contributed by atoms with Gasteiger partial charge in [0.1, 0.15) is 6.10 Å². The van der Waals surface area contributed by atoms with Crippen molar-refractivity contribution in [3.8, 4) is 0 Å². The number of aryl methyl sites for hydroxylation is 4. The molecule has 1 saturated heterocycles. The van der Waals surface area contributed by atoms with Crippen molar-refractivity contribution >= 4 is 17.2 Å². The van der Waals surface area contributed by atoms with Crippen molar-refractivity contribution < 1.29 is 14.1 Å². The van der Waals surface area contributed by atoms with E-state index in [1.807, 2.05) is 16.2 Å². The number of carbonyl (C=O) groups excluding carboxylic acids is 1. The zero-order valence-corrected chi connectivity index (χ0v) is 15.2. The Morgan fingerprint density at radius 2 is 2.25 bits per heavy atom. The molecule has 0 bridgehead atoms. The summed E-state index contributed by atoms with van der Waals surface area (Å²) in [5.74, 6) is 1.21. The van der Waals surface area contributed by atoms with Crippen LogP contribution in [-0.4, -0.2) is 40.6 Å². The summed E-state index contributed by atoms with van der Waals surface area (Å²) in [7, 11) is 0. The summed E-state index contributed by atoms with van der Waals surface area (Å²) in [4.78, 5) is 21.2. The lowest BCUT2D eigenvalue weighted by Crippen LogP contribution is -2.42. The summed E-state index contributed by atoms with van der Waals surface area (Å²) < 4.78 is 10.7. The highest BCUT2D eigenvalue weighted by Gasteiger charge is 2.28. The molecule has 6 nitrogen and oxygen atoms in total. The highest BCUT2D eigenvalue weighted by Crippen LogP contribution is 2.23. The molecule has 3 rings (SSSR count). The predicted octanol–water partition coefficient (Wildman–Crippen LogP) is 2.98. The molecule has 7 heteroatoms. The van der Waals surface area contributed by atoms with Crippen molar-refractivity contribution in [2.24, 2.45) is 0 Å². The van der Waals surface area contributed by atoms with E-state index in [9.17, 15) is 4.79 Å². The van der Waals surface area contributed by atoms with Gasteiger partial charge in [0.15, 0.2) is 0 Å². The summed E-state index contributed by atoms with van der Waals surface area (Å²) in [6, 6.07) is 2.23. The van der Waals surface area contributed by atoms with Crippen molar-refractivity contribution in [3.63, 3.8) is 0 Å². The molecule has 130 valence electrons. The number of thiophene rings is 1. The number of aromatic nitrogens is 2. The number of morpholine rings is 1. The number of nitrogens with zero attached hydrogens (tertiary/aromatic N) is 3. The van der Waals surface area contributed by atoms with Gasteiger partial charge in [0, 0.05) is 29.6 Å². The molecule has 1 fully saturated rings. The summed E-state index contributed by atoms with van der Waals surface area (Å²) in [6.07, 6.45) is 2.10. The van der Waals surface area contributed by atoms with E-state index in [-0.39, 0.29) is 12.0 Å². The fourth-order valence-electron chi connectivity index (χ4n) is 3.00. The first kappa shape index (κ1) is 17.1. The molecule has 0 aromatic carbocycles. The lowest BCUT2D eigenvalue weighted by molar-refractivity contribution is -0.139. The van der Waals surface area contributed by atoms with Crippen LogP contribution in [0.25, 0.3) is 0 Å². The first-order valence-electron chi connectivity index (χ1n) is 8.28. The third-order valence-electron chi connectivity index (χ3n) is 4.23. The second kappa shape index (κ2) is 7.44. The zero-order valence-electron chi connectivity index (χ0n) is 14.4. The summed E-state index contributed by atoms with van der Waals surface area (Å²) in [5, 5.41) is 3.90. The Labute approximate surface area is 145 Å². The Hall–Kier alpha value is -1.73. The zero-order chi connectivity index (χ0) is 17.1. The van der Waals surface area contributed by atoms with Gasteiger partial charge in [-0.3, -0.25) is 4.79 Å². The number of hydrogen-bond donors (Lipinski definition) is 0. The van der Waals surface area contributed by atoms with Crippen LogP contribution in [0.1, 0.15) is 46.0 Å². The lowest BCUT2D eigenvalue weighted by Gasteiger charge is -2.31. The molecule has 2 aromatic heterocycles. The molecule has 1 amide bonds. The molecule has 1 aliphatic rings. The van der Waals surface area contributed by atoms with Crippen LogP contribution in [-0.2, 0) is 16.0 Å². The van der Waals surface area contributed by atoms with Crippen molar-refractivity contribution in [2.45, 2.75) is 46.1 Å². The standard InChI is InChI=1S/C17H23N3O3S/c1-11-9-14(12(2)24-11)5-4-6-16(21)20-7-8-22-15(10-20)17-18-13(3)23-19-17/h9,15H,4-8,10H2,1-3H3. The van der Waals surface area contributed by atoms with Crippen LogP contribution in [0.2, 0.25) is 0 Å². The second-order valence-electron chi connectivity index (χ2n) is 6.16. The van der Waals surface area contributed by atoms with Crippen molar-refractivity contribution in [2.75, 3.05) is 19.7 Å². The summed E-state index contributed by atoms with van der Waals surface area (Å²) >= 11 is 1.82. The number of rotatable bonds is 5. The van der Waals surface area contributed by atoms with Gasteiger partial charge in [-0.25, -0.2) is 0 Å². The number of carbonyl (C=O) groups is 1. The first-order chi connectivity index (χ1) is 11.5. The summed E-state index contributed by atoms with van der Waals surface area (Å²) in [6.45, 7) is 7.65. The van der Waals surface area contributed by atoms with E-state index in [4.69, 9.17) is 9.26 Å². The molecule has 3 heterocycles. The third kappa shape index (κ3) is 4.02. The van der Waals surface area contributed by atoms with Gasteiger partial charge in [-0.1, -0.05) is 5.16 Å². The van der Waals surface area contributed by atoms with E-state index in [2.05, 4.69) is 30.1 Å². The minimum Gasteiger partial charge on any atom is -0.366 e. The minimum absolute atomic E-state index is 0.174. The second-order valence-corrected chi connectivity index (χ2v) is 7.62. The third-order valence-corrected chi connectivity index (χ3v) is 5.24. The quantitative estimate of drug-likeness (QED) is 0.830. The molecule has 0 N–H and O–H groups in total. The minimum atomic E-state index is -0.290.